The molecular weight excluding hydrogens is 241 g/mol. The Morgan fingerprint density at radius 1 is 1.25 bits per heavy atom. The first kappa shape index (κ1) is 13.8. The highest BCUT2D eigenvalue weighted by molar-refractivity contribution is 6.42. The number of benzene rings is 1. The van der Waals surface area contributed by atoms with E-state index in [0.29, 0.717) is 22.5 Å². The fourth-order valence-corrected chi connectivity index (χ4v) is 2.11. The first-order chi connectivity index (χ1) is 7.36. The fraction of sp³-hybridized carbons (Fsp3) is 0.538. The molecule has 1 unspecified atom stereocenters. The Morgan fingerprint density at radius 2 is 1.88 bits per heavy atom. The van der Waals surface area contributed by atoms with Crippen molar-refractivity contribution in [3.8, 4) is 0 Å². The summed E-state index contributed by atoms with van der Waals surface area (Å²) >= 11 is 12.2. The Morgan fingerprint density at radius 3 is 2.38 bits per heavy atom. The van der Waals surface area contributed by atoms with E-state index in [1.54, 1.807) is 0 Å². The van der Waals surface area contributed by atoms with Gasteiger partial charge in [0.1, 0.15) is 0 Å². The van der Waals surface area contributed by atoms with Crippen LogP contribution in [-0.4, -0.2) is 6.54 Å². The maximum Gasteiger partial charge on any atom is 0.0624 e. The molecule has 0 heterocycles. The summed E-state index contributed by atoms with van der Waals surface area (Å²) in [6.07, 6.45) is 0.874. The van der Waals surface area contributed by atoms with E-state index in [4.69, 9.17) is 28.9 Å². The van der Waals surface area contributed by atoms with Gasteiger partial charge < -0.3 is 5.73 Å². The van der Waals surface area contributed by atoms with Crippen LogP contribution in [0.15, 0.2) is 18.2 Å². The molecule has 0 aromatic heterocycles. The lowest BCUT2D eigenvalue weighted by molar-refractivity contribution is 0.246. The van der Waals surface area contributed by atoms with E-state index < -0.39 is 0 Å². The van der Waals surface area contributed by atoms with Crippen molar-refractivity contribution in [3.63, 3.8) is 0 Å². The summed E-state index contributed by atoms with van der Waals surface area (Å²) in [6.45, 7) is 7.25. The molecule has 1 rings (SSSR count). The minimum Gasteiger partial charge on any atom is -0.330 e. The second-order valence-electron chi connectivity index (χ2n) is 5.22. The highest BCUT2D eigenvalue weighted by Crippen LogP contribution is 2.32. The van der Waals surface area contributed by atoms with Gasteiger partial charge in [-0.2, -0.15) is 0 Å². The summed E-state index contributed by atoms with van der Waals surface area (Å²) in [6, 6.07) is 5.75. The van der Waals surface area contributed by atoms with Crippen molar-refractivity contribution in [3.05, 3.63) is 33.8 Å². The van der Waals surface area contributed by atoms with Crippen molar-refractivity contribution in [2.75, 3.05) is 6.54 Å². The third-order valence-corrected chi connectivity index (χ3v) is 3.87. The molecule has 1 nitrogen and oxygen atoms in total. The summed E-state index contributed by atoms with van der Waals surface area (Å²) in [4.78, 5) is 0. The van der Waals surface area contributed by atoms with Gasteiger partial charge in [-0.05, 0) is 35.9 Å². The molecule has 0 fully saturated rings. The molecule has 16 heavy (non-hydrogen) atoms. The molecule has 0 saturated heterocycles. The van der Waals surface area contributed by atoms with Crippen molar-refractivity contribution in [1.82, 2.24) is 0 Å². The van der Waals surface area contributed by atoms with E-state index >= 15 is 0 Å². The van der Waals surface area contributed by atoms with Gasteiger partial charge >= 0.3 is 0 Å². The zero-order valence-electron chi connectivity index (χ0n) is 10.1. The number of rotatable bonds is 3. The van der Waals surface area contributed by atoms with Gasteiger partial charge in [0.25, 0.3) is 0 Å². The van der Waals surface area contributed by atoms with Crippen molar-refractivity contribution >= 4 is 23.2 Å². The van der Waals surface area contributed by atoms with Crippen LogP contribution in [0.3, 0.4) is 0 Å². The molecule has 1 atom stereocenters. The van der Waals surface area contributed by atoms with Crippen LogP contribution in [0.25, 0.3) is 0 Å². The van der Waals surface area contributed by atoms with Gasteiger partial charge in [0.15, 0.2) is 0 Å². The summed E-state index contributed by atoms with van der Waals surface area (Å²) in [5, 5.41) is 1.27. The van der Waals surface area contributed by atoms with Crippen molar-refractivity contribution in [1.29, 1.82) is 0 Å². The fourth-order valence-electron chi connectivity index (χ4n) is 1.71. The summed E-state index contributed by atoms with van der Waals surface area (Å²) < 4.78 is 0. The van der Waals surface area contributed by atoms with E-state index in [1.807, 2.05) is 18.2 Å². The molecule has 0 saturated carbocycles. The van der Waals surface area contributed by atoms with E-state index in [2.05, 4.69) is 20.8 Å². The Kier molecular flexibility index (Phi) is 4.66. The number of nitrogens with two attached hydrogens (primary N) is 1. The van der Waals surface area contributed by atoms with Crippen molar-refractivity contribution in [2.45, 2.75) is 27.2 Å². The van der Waals surface area contributed by atoms with Crippen molar-refractivity contribution < 1.29 is 0 Å². The molecule has 0 spiro atoms. The molecular formula is C13H19Cl2N. The Balaban J connectivity index is 2.91. The van der Waals surface area contributed by atoms with E-state index in [0.717, 1.165) is 12.0 Å². The number of halogens is 2. The Bertz CT molecular complexity index is 355. The standard InChI is InChI=1S/C13H19Cl2N/c1-13(2,3)10(8-16)7-9-5-4-6-11(14)12(9)15/h4-6,10H,7-8,16H2,1-3H3. The van der Waals surface area contributed by atoms with E-state index in [1.165, 1.54) is 0 Å². The van der Waals surface area contributed by atoms with Gasteiger partial charge in [0, 0.05) is 0 Å². The first-order valence-corrected chi connectivity index (χ1v) is 6.24. The van der Waals surface area contributed by atoms with E-state index in [9.17, 15) is 0 Å². The third kappa shape index (κ3) is 3.38. The predicted molar refractivity (Wildman–Crippen MR) is 72.2 cm³/mol. The van der Waals surface area contributed by atoms with Crippen LogP contribution >= 0.6 is 23.2 Å². The zero-order valence-corrected chi connectivity index (χ0v) is 11.6. The quantitative estimate of drug-likeness (QED) is 0.867. The smallest absolute Gasteiger partial charge is 0.0624 e. The van der Waals surface area contributed by atoms with Crippen LogP contribution in [0.4, 0.5) is 0 Å². The van der Waals surface area contributed by atoms with Crippen LogP contribution in [0.5, 0.6) is 0 Å². The highest BCUT2D eigenvalue weighted by Gasteiger charge is 2.24. The van der Waals surface area contributed by atoms with Gasteiger partial charge in [-0.25, -0.2) is 0 Å². The molecule has 2 N–H and O–H groups in total. The molecule has 0 aliphatic carbocycles. The maximum atomic E-state index is 6.17. The van der Waals surface area contributed by atoms with Gasteiger partial charge in [-0.15, -0.1) is 0 Å². The summed E-state index contributed by atoms with van der Waals surface area (Å²) in [5.41, 5.74) is 7.08. The molecule has 0 bridgehead atoms. The average molecular weight is 260 g/mol. The predicted octanol–water partition coefficient (Wildman–Crippen LogP) is 4.16. The minimum absolute atomic E-state index is 0.181. The van der Waals surface area contributed by atoms with E-state index in [-0.39, 0.29) is 5.41 Å². The molecule has 0 aliphatic rings. The van der Waals surface area contributed by atoms with Gasteiger partial charge in [0.2, 0.25) is 0 Å². The molecule has 3 heteroatoms. The molecule has 1 aromatic carbocycles. The third-order valence-electron chi connectivity index (χ3n) is 3.01. The summed E-state index contributed by atoms with van der Waals surface area (Å²) in [7, 11) is 0. The average Bonchev–Trinajstić information content (AvgIpc) is 2.18. The number of hydrogen-bond acceptors (Lipinski definition) is 1. The SMILES string of the molecule is CC(C)(C)C(CN)Cc1cccc(Cl)c1Cl. The molecule has 0 amide bonds. The van der Waals surface area contributed by atoms with Gasteiger partial charge in [0.05, 0.1) is 10.0 Å². The summed E-state index contributed by atoms with van der Waals surface area (Å²) in [5.74, 6) is 0.406. The normalized spacial score (nSPS) is 13.9. The van der Waals surface area contributed by atoms with Crippen LogP contribution in [0.2, 0.25) is 10.0 Å². The maximum absolute atomic E-state index is 6.17. The highest BCUT2D eigenvalue weighted by atomic mass is 35.5. The first-order valence-electron chi connectivity index (χ1n) is 5.49. The second-order valence-corrected chi connectivity index (χ2v) is 6.00. The topological polar surface area (TPSA) is 26.0 Å². The lowest BCUT2D eigenvalue weighted by Crippen LogP contribution is -2.30. The van der Waals surface area contributed by atoms with Crippen molar-refractivity contribution in [2.24, 2.45) is 17.1 Å². The van der Waals surface area contributed by atoms with Crippen LogP contribution in [0, 0.1) is 11.3 Å². The number of hydrogen-bond donors (Lipinski definition) is 1. The molecule has 90 valence electrons. The monoisotopic (exact) mass is 259 g/mol. The van der Waals surface area contributed by atoms with Gasteiger partial charge in [-0.1, -0.05) is 56.1 Å². The molecule has 0 aliphatic heterocycles. The second kappa shape index (κ2) is 5.39. The lowest BCUT2D eigenvalue weighted by atomic mass is 9.77. The molecule has 0 radical (unpaired) electrons. The lowest BCUT2D eigenvalue weighted by Gasteiger charge is -2.30. The van der Waals surface area contributed by atoms with Crippen LogP contribution in [-0.2, 0) is 6.42 Å². The minimum atomic E-state index is 0.181. The molecule has 1 aromatic rings. The zero-order chi connectivity index (χ0) is 12.3. The van der Waals surface area contributed by atoms with Crippen LogP contribution < -0.4 is 5.73 Å². The van der Waals surface area contributed by atoms with Crippen LogP contribution in [0.1, 0.15) is 26.3 Å². The van der Waals surface area contributed by atoms with Gasteiger partial charge in [-0.3, -0.25) is 0 Å². The largest absolute Gasteiger partial charge is 0.330 e. The Labute approximate surface area is 108 Å². The Hall–Kier alpha value is -0.240.